The highest BCUT2D eigenvalue weighted by Gasteiger charge is 2.45. The Balaban J connectivity index is 1.25. The van der Waals surface area contributed by atoms with E-state index >= 15 is 0 Å². The van der Waals surface area contributed by atoms with Crippen LogP contribution in [0.4, 0.5) is 0 Å². The molecular weight excluding hydrogens is 355 g/mol. The van der Waals surface area contributed by atoms with Crippen molar-refractivity contribution in [2.45, 2.75) is 76.3 Å². The molecule has 2 saturated carbocycles. The van der Waals surface area contributed by atoms with E-state index in [0.717, 1.165) is 63.6 Å². The number of hydrogen-bond acceptors (Lipinski definition) is 5. The fraction of sp³-hybridized carbons (Fsp3) is 0.952. The zero-order valence-corrected chi connectivity index (χ0v) is 17.0. The average Bonchev–Trinajstić information content (AvgIpc) is 3.17. The second kappa shape index (κ2) is 9.03. The van der Waals surface area contributed by atoms with Crippen molar-refractivity contribution in [3.05, 3.63) is 0 Å². The van der Waals surface area contributed by atoms with E-state index in [-0.39, 0.29) is 12.0 Å². The van der Waals surface area contributed by atoms with Gasteiger partial charge in [-0.3, -0.25) is 4.79 Å². The third kappa shape index (κ3) is 4.42. The molecule has 0 aromatic heterocycles. The molecule has 6 nitrogen and oxygen atoms in total. The van der Waals surface area contributed by atoms with Crippen LogP contribution in [-0.2, 0) is 9.53 Å². The number of likely N-dealkylation sites (tertiary alicyclic amines) is 1. The van der Waals surface area contributed by atoms with Crippen LogP contribution in [0.15, 0.2) is 0 Å². The lowest BCUT2D eigenvalue weighted by Crippen LogP contribution is -2.45. The minimum absolute atomic E-state index is 0.0901. The van der Waals surface area contributed by atoms with Gasteiger partial charge in [0.2, 0.25) is 5.91 Å². The molecule has 2 aliphatic heterocycles. The second-order valence-corrected chi connectivity index (χ2v) is 9.82. The number of piperidine rings is 1. The maximum Gasteiger partial charge on any atom is 0.482 e. The first-order valence-electron chi connectivity index (χ1n) is 11.6. The van der Waals surface area contributed by atoms with Gasteiger partial charge in [0.05, 0.1) is 12.1 Å². The van der Waals surface area contributed by atoms with Gasteiger partial charge in [0, 0.05) is 19.0 Å². The van der Waals surface area contributed by atoms with Crippen molar-refractivity contribution in [3.63, 3.8) is 0 Å². The van der Waals surface area contributed by atoms with Crippen molar-refractivity contribution in [2.75, 3.05) is 19.6 Å². The molecule has 158 valence electrons. The Bertz CT molecular complexity index is 540. The van der Waals surface area contributed by atoms with Crippen LogP contribution in [-0.4, -0.2) is 59.7 Å². The van der Waals surface area contributed by atoms with Crippen LogP contribution in [0.2, 0.25) is 0 Å². The monoisotopic (exact) mass is 392 g/mol. The quantitative estimate of drug-likeness (QED) is 0.632. The zero-order chi connectivity index (χ0) is 19.7. The first kappa shape index (κ1) is 20.6. The van der Waals surface area contributed by atoms with Crippen LogP contribution >= 0.6 is 0 Å². The first-order valence-corrected chi connectivity index (χ1v) is 11.6. The van der Waals surface area contributed by atoms with Gasteiger partial charge in [-0.15, -0.1) is 0 Å². The van der Waals surface area contributed by atoms with Crippen molar-refractivity contribution in [1.29, 1.82) is 0 Å². The molecular formula is C21H37BN2O4. The summed E-state index contributed by atoms with van der Waals surface area (Å²) in [4.78, 5) is 15.2. The van der Waals surface area contributed by atoms with Crippen LogP contribution < -0.4 is 5.73 Å². The number of carbonyl (C=O) groups excluding carboxylic acids is 1. The van der Waals surface area contributed by atoms with Gasteiger partial charge in [-0.05, 0) is 81.6 Å². The van der Waals surface area contributed by atoms with Gasteiger partial charge >= 0.3 is 7.12 Å². The predicted octanol–water partition coefficient (Wildman–Crippen LogP) is 1.58. The highest BCUT2D eigenvalue weighted by Crippen LogP contribution is 2.42. The van der Waals surface area contributed by atoms with E-state index in [1.54, 1.807) is 0 Å². The molecule has 0 aromatic carbocycles. The van der Waals surface area contributed by atoms with E-state index in [2.05, 4.69) is 4.90 Å². The Labute approximate surface area is 169 Å². The standard InChI is InChI=1S/C21H37BN2O4/c23-13-14-2-1-3-16(10-14)15-6-8-24(9-7-15)21(25)17-4-5-19-18(11-17)12-20(28-19)22(26)27/h14-20,26-27H,1-13,23H2. The molecule has 0 aromatic rings. The number of amides is 1. The normalized spacial score (nSPS) is 39.6. The van der Waals surface area contributed by atoms with E-state index in [0.29, 0.717) is 24.2 Å². The summed E-state index contributed by atoms with van der Waals surface area (Å²) in [6, 6.07) is -0.479. The Morgan fingerprint density at radius 3 is 2.46 bits per heavy atom. The molecule has 4 aliphatic rings. The third-order valence-electron chi connectivity index (χ3n) is 8.15. The van der Waals surface area contributed by atoms with E-state index in [1.807, 2.05) is 0 Å². The lowest BCUT2D eigenvalue weighted by molar-refractivity contribution is -0.139. The Hall–Kier alpha value is -0.625. The van der Waals surface area contributed by atoms with Crippen molar-refractivity contribution in [3.8, 4) is 0 Å². The molecule has 0 radical (unpaired) electrons. The first-order chi connectivity index (χ1) is 13.5. The van der Waals surface area contributed by atoms with Crippen LogP contribution in [0.1, 0.15) is 64.2 Å². The van der Waals surface area contributed by atoms with Gasteiger partial charge in [-0.2, -0.15) is 0 Å². The summed E-state index contributed by atoms with van der Waals surface area (Å²) in [5.41, 5.74) is 5.91. The summed E-state index contributed by atoms with van der Waals surface area (Å²) in [5.74, 6) is 3.00. The van der Waals surface area contributed by atoms with Gasteiger partial charge in [0.25, 0.3) is 0 Å². The van der Waals surface area contributed by atoms with E-state index in [9.17, 15) is 14.8 Å². The topological polar surface area (TPSA) is 96.0 Å². The van der Waals surface area contributed by atoms with Gasteiger partial charge < -0.3 is 25.4 Å². The summed E-state index contributed by atoms with van der Waals surface area (Å²) in [5, 5.41) is 18.8. The summed E-state index contributed by atoms with van der Waals surface area (Å²) in [6.45, 7) is 2.65. The minimum atomic E-state index is -1.41. The highest BCUT2D eigenvalue weighted by atomic mass is 16.5. The van der Waals surface area contributed by atoms with Crippen molar-refractivity contribution in [1.82, 2.24) is 4.90 Å². The lowest BCUT2D eigenvalue weighted by Gasteiger charge is -2.41. The summed E-state index contributed by atoms with van der Waals surface area (Å²) in [6.07, 6.45) is 10.9. The van der Waals surface area contributed by atoms with Gasteiger partial charge in [0.1, 0.15) is 0 Å². The van der Waals surface area contributed by atoms with Crippen LogP contribution in [0.5, 0.6) is 0 Å². The Kier molecular flexibility index (Phi) is 6.65. The van der Waals surface area contributed by atoms with E-state index in [4.69, 9.17) is 10.5 Å². The van der Waals surface area contributed by atoms with Crippen LogP contribution in [0, 0.1) is 29.6 Å². The summed E-state index contributed by atoms with van der Waals surface area (Å²) in [7, 11) is -1.41. The van der Waals surface area contributed by atoms with Crippen molar-refractivity contribution in [2.24, 2.45) is 35.3 Å². The molecule has 2 aliphatic carbocycles. The fourth-order valence-electron chi connectivity index (χ4n) is 6.48. The predicted molar refractivity (Wildman–Crippen MR) is 108 cm³/mol. The van der Waals surface area contributed by atoms with Crippen molar-refractivity contribution >= 4 is 13.0 Å². The van der Waals surface area contributed by atoms with Gasteiger partial charge in [-0.25, -0.2) is 0 Å². The summed E-state index contributed by atoms with van der Waals surface area (Å²) < 4.78 is 5.77. The molecule has 0 spiro atoms. The fourth-order valence-corrected chi connectivity index (χ4v) is 6.48. The molecule has 6 atom stereocenters. The molecule has 28 heavy (non-hydrogen) atoms. The third-order valence-corrected chi connectivity index (χ3v) is 8.15. The van der Waals surface area contributed by atoms with E-state index < -0.39 is 13.1 Å². The number of hydrogen-bond donors (Lipinski definition) is 3. The smallest absolute Gasteiger partial charge is 0.425 e. The molecule has 2 heterocycles. The minimum Gasteiger partial charge on any atom is -0.425 e. The Morgan fingerprint density at radius 2 is 1.75 bits per heavy atom. The zero-order valence-electron chi connectivity index (χ0n) is 17.0. The van der Waals surface area contributed by atoms with Gasteiger partial charge in [-0.1, -0.05) is 12.8 Å². The number of ether oxygens (including phenoxy) is 1. The maximum absolute atomic E-state index is 13.1. The lowest BCUT2D eigenvalue weighted by atomic mass is 9.71. The maximum atomic E-state index is 13.1. The molecule has 7 heteroatoms. The Morgan fingerprint density at radius 1 is 0.964 bits per heavy atom. The number of carbonyl (C=O) groups is 1. The number of nitrogens with two attached hydrogens (primary N) is 1. The molecule has 0 bridgehead atoms. The summed E-state index contributed by atoms with van der Waals surface area (Å²) >= 11 is 0. The number of nitrogens with zero attached hydrogens (tertiary/aromatic N) is 1. The number of rotatable bonds is 4. The van der Waals surface area contributed by atoms with Crippen molar-refractivity contribution < 1.29 is 19.6 Å². The SMILES string of the molecule is NCC1CCCC(C2CCN(C(=O)C3CCC4OC(B(O)O)CC4C3)CC2)C1. The molecule has 6 unspecified atom stereocenters. The molecule has 2 saturated heterocycles. The van der Waals surface area contributed by atoms with Gasteiger partial charge in [0.15, 0.2) is 0 Å². The molecule has 4 fully saturated rings. The van der Waals surface area contributed by atoms with E-state index in [1.165, 1.54) is 25.7 Å². The van der Waals surface area contributed by atoms with Crippen LogP contribution in [0.25, 0.3) is 0 Å². The molecule has 4 rings (SSSR count). The largest absolute Gasteiger partial charge is 0.482 e. The number of fused-ring (bicyclic) bond motifs is 1. The highest BCUT2D eigenvalue weighted by molar-refractivity contribution is 6.42. The average molecular weight is 392 g/mol. The molecule has 1 amide bonds. The molecule has 4 N–H and O–H groups in total. The second-order valence-electron chi connectivity index (χ2n) is 9.82. The van der Waals surface area contributed by atoms with Crippen LogP contribution in [0.3, 0.4) is 0 Å².